The average Bonchev–Trinajstić information content (AvgIpc) is 2.89. The molecule has 0 radical (unpaired) electrons. The van der Waals surface area contributed by atoms with Crippen LogP contribution in [0.5, 0.6) is 0 Å². The van der Waals surface area contributed by atoms with Crippen LogP contribution >= 0.6 is 23.6 Å². The van der Waals surface area contributed by atoms with Crippen molar-refractivity contribution in [2.75, 3.05) is 11.4 Å². The summed E-state index contributed by atoms with van der Waals surface area (Å²) in [7, 11) is 0. The molecule has 0 aromatic carbocycles. The van der Waals surface area contributed by atoms with Gasteiger partial charge in [0.25, 0.3) is 0 Å². The minimum atomic E-state index is 0.530. The lowest BCUT2D eigenvalue weighted by Crippen LogP contribution is -2.27. The van der Waals surface area contributed by atoms with Crippen molar-refractivity contribution in [2.45, 2.75) is 13.0 Å². The van der Waals surface area contributed by atoms with Gasteiger partial charge in [-0.3, -0.25) is 4.98 Å². The van der Waals surface area contributed by atoms with Crippen LogP contribution in [0.1, 0.15) is 12.0 Å². The Morgan fingerprint density at radius 3 is 2.94 bits per heavy atom. The van der Waals surface area contributed by atoms with Gasteiger partial charge < -0.3 is 10.6 Å². The molecule has 0 saturated heterocycles. The minimum Gasteiger partial charge on any atom is -0.393 e. The molecule has 2 aromatic heterocycles. The predicted molar refractivity (Wildman–Crippen MR) is 78.8 cm³/mol. The van der Waals surface area contributed by atoms with Crippen molar-refractivity contribution in [3.8, 4) is 0 Å². The molecule has 0 atom stereocenters. The van der Waals surface area contributed by atoms with Crippen LogP contribution in [0.2, 0.25) is 0 Å². The molecule has 0 aliphatic carbocycles. The van der Waals surface area contributed by atoms with Crippen LogP contribution in [0.15, 0.2) is 36.1 Å². The Morgan fingerprint density at radius 2 is 2.33 bits per heavy atom. The van der Waals surface area contributed by atoms with Gasteiger partial charge in [0.2, 0.25) is 0 Å². The summed E-state index contributed by atoms with van der Waals surface area (Å²) in [5.74, 6) is 0. The van der Waals surface area contributed by atoms with Gasteiger partial charge >= 0.3 is 0 Å². The average molecular weight is 278 g/mol. The van der Waals surface area contributed by atoms with Crippen molar-refractivity contribution >= 4 is 33.7 Å². The molecule has 0 spiro atoms. The smallest absolute Gasteiger partial charge is 0.185 e. The number of thiazole rings is 1. The van der Waals surface area contributed by atoms with Gasteiger partial charge in [-0.25, -0.2) is 4.98 Å². The number of hydrogen-bond donors (Lipinski definition) is 1. The van der Waals surface area contributed by atoms with Gasteiger partial charge in [-0.05, 0) is 11.6 Å². The van der Waals surface area contributed by atoms with Gasteiger partial charge in [-0.2, -0.15) is 0 Å². The monoisotopic (exact) mass is 278 g/mol. The summed E-state index contributed by atoms with van der Waals surface area (Å²) in [5, 5.41) is 2.95. The highest BCUT2D eigenvalue weighted by atomic mass is 32.1. The third-order valence-electron chi connectivity index (χ3n) is 2.41. The van der Waals surface area contributed by atoms with Crippen molar-refractivity contribution < 1.29 is 0 Å². The van der Waals surface area contributed by atoms with Crippen molar-refractivity contribution in [2.24, 2.45) is 5.73 Å². The maximum absolute atomic E-state index is 5.56. The molecule has 94 valence electrons. The van der Waals surface area contributed by atoms with Crippen LogP contribution in [0.3, 0.4) is 0 Å². The fourth-order valence-electron chi connectivity index (χ4n) is 1.57. The fraction of sp³-hybridized carbons (Fsp3) is 0.250. The molecule has 0 bridgehead atoms. The van der Waals surface area contributed by atoms with Crippen LogP contribution in [-0.2, 0) is 6.54 Å². The Kier molecular flexibility index (Phi) is 4.60. The Bertz CT molecular complexity index is 484. The molecule has 4 nitrogen and oxygen atoms in total. The van der Waals surface area contributed by atoms with E-state index in [-0.39, 0.29) is 0 Å². The molecule has 6 heteroatoms. The summed E-state index contributed by atoms with van der Waals surface area (Å²) in [6, 6.07) is 3.98. The summed E-state index contributed by atoms with van der Waals surface area (Å²) >= 11 is 6.54. The Hall–Kier alpha value is -1.53. The van der Waals surface area contributed by atoms with Gasteiger partial charge in [-0.1, -0.05) is 18.3 Å². The zero-order valence-electron chi connectivity index (χ0n) is 9.82. The van der Waals surface area contributed by atoms with Crippen LogP contribution < -0.4 is 10.6 Å². The second-order valence-electron chi connectivity index (χ2n) is 3.81. The lowest BCUT2D eigenvalue weighted by molar-refractivity contribution is 0.799. The molecule has 2 aromatic rings. The van der Waals surface area contributed by atoms with Crippen LogP contribution in [0.4, 0.5) is 5.13 Å². The van der Waals surface area contributed by atoms with E-state index in [1.807, 2.05) is 23.7 Å². The minimum absolute atomic E-state index is 0.530. The first-order valence-corrected chi connectivity index (χ1v) is 6.86. The summed E-state index contributed by atoms with van der Waals surface area (Å²) < 4.78 is 0. The SMILES string of the molecule is NC(=S)CCN(Cc1cccnc1)c1nccs1. The van der Waals surface area contributed by atoms with Gasteiger partial charge in [-0.15, -0.1) is 11.3 Å². The Balaban J connectivity index is 2.07. The van der Waals surface area contributed by atoms with Gasteiger partial charge in [0, 0.05) is 43.5 Å². The first-order chi connectivity index (χ1) is 8.75. The Labute approximate surface area is 115 Å². The largest absolute Gasteiger partial charge is 0.393 e. The molecule has 2 N–H and O–H groups in total. The summed E-state index contributed by atoms with van der Waals surface area (Å²) in [4.78, 5) is 11.1. The standard InChI is InChI=1S/C12H14N4S2/c13-11(17)3-6-16(12-15-5-7-18-12)9-10-2-1-4-14-8-10/h1-2,4-5,7-8H,3,6,9H2,(H2,13,17). The van der Waals surface area contributed by atoms with E-state index < -0.39 is 0 Å². The molecule has 0 amide bonds. The number of thiocarbonyl (C=S) groups is 1. The van der Waals surface area contributed by atoms with E-state index in [4.69, 9.17) is 18.0 Å². The number of aromatic nitrogens is 2. The maximum Gasteiger partial charge on any atom is 0.185 e. The summed E-state index contributed by atoms with van der Waals surface area (Å²) in [6.45, 7) is 1.54. The zero-order valence-corrected chi connectivity index (χ0v) is 11.5. The quantitative estimate of drug-likeness (QED) is 0.821. The topological polar surface area (TPSA) is 55.0 Å². The zero-order chi connectivity index (χ0) is 12.8. The third kappa shape index (κ3) is 3.75. The number of rotatable bonds is 6. The van der Waals surface area contributed by atoms with E-state index in [1.54, 1.807) is 23.7 Å². The molecule has 2 heterocycles. The van der Waals surface area contributed by atoms with Gasteiger partial charge in [0.05, 0.1) is 4.99 Å². The van der Waals surface area contributed by atoms with E-state index in [9.17, 15) is 0 Å². The summed E-state index contributed by atoms with van der Waals surface area (Å²) in [5.41, 5.74) is 6.71. The second-order valence-corrected chi connectivity index (χ2v) is 5.21. The van der Waals surface area contributed by atoms with Crippen molar-refractivity contribution in [1.29, 1.82) is 0 Å². The first-order valence-electron chi connectivity index (χ1n) is 5.57. The van der Waals surface area contributed by atoms with Crippen molar-refractivity contribution in [3.63, 3.8) is 0 Å². The number of nitrogens with two attached hydrogens (primary N) is 1. The lowest BCUT2D eigenvalue weighted by Gasteiger charge is -2.21. The lowest BCUT2D eigenvalue weighted by atomic mass is 10.2. The predicted octanol–water partition coefficient (Wildman–Crippen LogP) is 2.22. The molecule has 0 fully saturated rings. The number of nitrogens with zero attached hydrogens (tertiary/aromatic N) is 3. The number of hydrogen-bond acceptors (Lipinski definition) is 5. The highest BCUT2D eigenvalue weighted by molar-refractivity contribution is 7.80. The van der Waals surface area contributed by atoms with E-state index in [2.05, 4.69) is 14.9 Å². The second kappa shape index (κ2) is 6.42. The molecule has 0 aliphatic rings. The number of pyridine rings is 1. The Morgan fingerprint density at radius 1 is 1.44 bits per heavy atom. The normalized spacial score (nSPS) is 10.2. The maximum atomic E-state index is 5.56. The molecular weight excluding hydrogens is 264 g/mol. The fourth-order valence-corrected chi connectivity index (χ4v) is 2.33. The van der Waals surface area contributed by atoms with E-state index in [0.717, 1.165) is 23.8 Å². The molecular formula is C12H14N4S2. The van der Waals surface area contributed by atoms with E-state index in [0.29, 0.717) is 11.4 Å². The molecule has 18 heavy (non-hydrogen) atoms. The summed E-state index contributed by atoms with van der Waals surface area (Å²) in [6.07, 6.45) is 6.12. The van der Waals surface area contributed by atoms with Crippen LogP contribution in [0.25, 0.3) is 0 Å². The number of anilines is 1. The first kappa shape index (κ1) is 12.9. The molecule has 0 unspecified atom stereocenters. The highest BCUT2D eigenvalue weighted by Gasteiger charge is 2.10. The highest BCUT2D eigenvalue weighted by Crippen LogP contribution is 2.19. The van der Waals surface area contributed by atoms with Crippen LogP contribution in [-0.4, -0.2) is 21.5 Å². The molecule has 0 saturated carbocycles. The van der Waals surface area contributed by atoms with Crippen LogP contribution in [0, 0.1) is 0 Å². The van der Waals surface area contributed by atoms with Gasteiger partial charge in [0.1, 0.15) is 0 Å². The van der Waals surface area contributed by atoms with Crippen molar-refractivity contribution in [1.82, 2.24) is 9.97 Å². The molecule has 0 aliphatic heterocycles. The third-order valence-corrected chi connectivity index (χ3v) is 3.45. The van der Waals surface area contributed by atoms with Gasteiger partial charge in [0.15, 0.2) is 5.13 Å². The van der Waals surface area contributed by atoms with E-state index >= 15 is 0 Å². The van der Waals surface area contributed by atoms with E-state index in [1.165, 1.54) is 0 Å². The molecule has 2 rings (SSSR count). The van der Waals surface area contributed by atoms with Crippen molar-refractivity contribution in [3.05, 3.63) is 41.7 Å².